The van der Waals surface area contributed by atoms with E-state index in [0.717, 1.165) is 35.8 Å². The molecule has 4 heteroatoms. The zero-order valence-corrected chi connectivity index (χ0v) is 12.8. The normalized spacial score (nSPS) is 20.2. The quantitative estimate of drug-likeness (QED) is 0.925. The second kappa shape index (κ2) is 6.53. The third-order valence-corrected chi connectivity index (χ3v) is 4.11. The molecule has 0 aliphatic carbocycles. The van der Waals surface area contributed by atoms with Gasteiger partial charge in [0.1, 0.15) is 5.82 Å². The Morgan fingerprint density at radius 2 is 2.39 bits per heavy atom. The molecule has 1 atom stereocenters. The van der Waals surface area contributed by atoms with Gasteiger partial charge in [-0.15, -0.1) is 0 Å². The van der Waals surface area contributed by atoms with E-state index in [1.54, 1.807) is 0 Å². The fourth-order valence-electron chi connectivity index (χ4n) is 2.67. The van der Waals surface area contributed by atoms with E-state index in [1.807, 2.05) is 13.2 Å². The first-order valence-electron chi connectivity index (χ1n) is 6.78. The lowest BCUT2D eigenvalue weighted by atomic mass is 9.95. The van der Waals surface area contributed by atoms with Crippen molar-refractivity contribution in [2.24, 2.45) is 5.92 Å². The van der Waals surface area contributed by atoms with E-state index < -0.39 is 0 Å². The first-order valence-corrected chi connectivity index (χ1v) is 7.57. The molecule has 0 bridgehead atoms. The summed E-state index contributed by atoms with van der Waals surface area (Å²) in [5.74, 6) is 1.98. The Labute approximate surface area is 118 Å². The molecule has 0 aromatic carbocycles. The van der Waals surface area contributed by atoms with E-state index in [-0.39, 0.29) is 0 Å². The number of nitrogens with zero attached hydrogens (tertiary/aromatic N) is 2. The minimum absolute atomic E-state index is 0.826. The SMILES string of the molecule is CCC1CCCN(c2ncc(Br)cc2CNC)C1. The molecule has 1 aromatic heterocycles. The number of rotatable bonds is 4. The van der Waals surface area contributed by atoms with E-state index in [9.17, 15) is 0 Å². The van der Waals surface area contributed by atoms with E-state index in [1.165, 1.54) is 24.8 Å². The minimum Gasteiger partial charge on any atom is -0.356 e. The van der Waals surface area contributed by atoms with Crippen LogP contribution in [0.2, 0.25) is 0 Å². The highest BCUT2D eigenvalue weighted by molar-refractivity contribution is 9.10. The van der Waals surface area contributed by atoms with Crippen molar-refractivity contribution in [1.29, 1.82) is 0 Å². The molecular weight excluding hydrogens is 290 g/mol. The summed E-state index contributed by atoms with van der Waals surface area (Å²) in [5.41, 5.74) is 1.28. The number of anilines is 1. The highest BCUT2D eigenvalue weighted by Crippen LogP contribution is 2.27. The predicted molar refractivity (Wildman–Crippen MR) is 79.9 cm³/mol. The molecule has 100 valence electrons. The fourth-order valence-corrected chi connectivity index (χ4v) is 3.05. The smallest absolute Gasteiger partial charge is 0.133 e. The van der Waals surface area contributed by atoms with E-state index in [0.29, 0.717) is 0 Å². The number of aromatic nitrogens is 1. The van der Waals surface area contributed by atoms with Crippen LogP contribution in [0.15, 0.2) is 16.7 Å². The van der Waals surface area contributed by atoms with Crippen LogP contribution >= 0.6 is 15.9 Å². The van der Waals surface area contributed by atoms with Gasteiger partial charge >= 0.3 is 0 Å². The highest BCUT2D eigenvalue weighted by atomic mass is 79.9. The van der Waals surface area contributed by atoms with Gasteiger partial charge in [-0.1, -0.05) is 13.3 Å². The molecule has 3 nitrogen and oxygen atoms in total. The Balaban J connectivity index is 2.20. The largest absolute Gasteiger partial charge is 0.356 e. The van der Waals surface area contributed by atoms with Crippen LogP contribution in [-0.4, -0.2) is 25.1 Å². The summed E-state index contributed by atoms with van der Waals surface area (Å²) in [4.78, 5) is 7.08. The van der Waals surface area contributed by atoms with Crippen molar-refractivity contribution in [3.05, 3.63) is 22.3 Å². The van der Waals surface area contributed by atoms with Gasteiger partial charge in [-0.2, -0.15) is 0 Å². The van der Waals surface area contributed by atoms with Crippen LogP contribution in [0.4, 0.5) is 5.82 Å². The van der Waals surface area contributed by atoms with Gasteiger partial charge in [0.05, 0.1) is 0 Å². The summed E-state index contributed by atoms with van der Waals surface area (Å²) in [5, 5.41) is 3.23. The summed E-state index contributed by atoms with van der Waals surface area (Å²) >= 11 is 3.51. The summed E-state index contributed by atoms with van der Waals surface area (Å²) in [6, 6.07) is 2.17. The molecule has 2 heterocycles. The van der Waals surface area contributed by atoms with E-state index in [2.05, 4.69) is 44.1 Å². The Morgan fingerprint density at radius 3 is 3.11 bits per heavy atom. The third-order valence-electron chi connectivity index (χ3n) is 3.67. The summed E-state index contributed by atoms with van der Waals surface area (Å²) in [7, 11) is 1.98. The van der Waals surface area contributed by atoms with Crippen molar-refractivity contribution in [2.75, 3.05) is 25.0 Å². The van der Waals surface area contributed by atoms with Crippen molar-refractivity contribution in [3.63, 3.8) is 0 Å². The molecule has 1 aromatic rings. The number of halogens is 1. The highest BCUT2D eigenvalue weighted by Gasteiger charge is 2.21. The maximum absolute atomic E-state index is 4.63. The summed E-state index contributed by atoms with van der Waals surface area (Å²) < 4.78 is 1.06. The predicted octanol–water partition coefficient (Wildman–Crippen LogP) is 3.19. The van der Waals surface area contributed by atoms with Crippen molar-refractivity contribution in [1.82, 2.24) is 10.3 Å². The second-order valence-electron chi connectivity index (χ2n) is 5.03. The number of hydrogen-bond acceptors (Lipinski definition) is 3. The zero-order valence-electron chi connectivity index (χ0n) is 11.2. The lowest BCUT2D eigenvalue weighted by molar-refractivity contribution is 0.402. The molecule has 0 saturated carbocycles. The monoisotopic (exact) mass is 311 g/mol. The molecule has 0 spiro atoms. The van der Waals surface area contributed by atoms with Crippen LogP contribution in [0.5, 0.6) is 0 Å². The van der Waals surface area contributed by atoms with Crippen molar-refractivity contribution < 1.29 is 0 Å². The van der Waals surface area contributed by atoms with Gasteiger partial charge in [0.25, 0.3) is 0 Å². The first kappa shape index (κ1) is 13.8. The van der Waals surface area contributed by atoms with Gasteiger partial charge in [0.15, 0.2) is 0 Å². The zero-order chi connectivity index (χ0) is 13.0. The van der Waals surface area contributed by atoms with Crippen LogP contribution in [0, 0.1) is 5.92 Å². The molecule has 1 aliphatic rings. The van der Waals surface area contributed by atoms with Crippen LogP contribution < -0.4 is 10.2 Å². The number of nitrogens with one attached hydrogen (secondary N) is 1. The number of piperidine rings is 1. The summed E-state index contributed by atoms with van der Waals surface area (Å²) in [6.07, 6.45) is 5.83. The molecule has 2 rings (SSSR count). The van der Waals surface area contributed by atoms with Crippen LogP contribution in [-0.2, 0) is 6.54 Å². The lowest BCUT2D eigenvalue weighted by Gasteiger charge is -2.34. The molecule has 1 N–H and O–H groups in total. The average molecular weight is 312 g/mol. The topological polar surface area (TPSA) is 28.2 Å². The lowest BCUT2D eigenvalue weighted by Crippen LogP contribution is -2.36. The van der Waals surface area contributed by atoms with Crippen LogP contribution in [0.3, 0.4) is 0 Å². The van der Waals surface area contributed by atoms with E-state index in [4.69, 9.17) is 0 Å². The third kappa shape index (κ3) is 3.23. The number of hydrogen-bond donors (Lipinski definition) is 1. The first-order chi connectivity index (χ1) is 8.74. The van der Waals surface area contributed by atoms with Gasteiger partial charge in [-0.05, 0) is 47.8 Å². The van der Waals surface area contributed by atoms with Crippen molar-refractivity contribution in [2.45, 2.75) is 32.7 Å². The number of pyridine rings is 1. The van der Waals surface area contributed by atoms with E-state index >= 15 is 0 Å². The maximum atomic E-state index is 4.63. The Bertz CT molecular complexity index is 395. The molecule has 0 amide bonds. The minimum atomic E-state index is 0.826. The van der Waals surface area contributed by atoms with Gasteiger partial charge in [0.2, 0.25) is 0 Å². The molecule has 18 heavy (non-hydrogen) atoms. The summed E-state index contributed by atoms with van der Waals surface area (Å²) in [6.45, 7) is 5.45. The molecular formula is C14H22BrN3. The van der Waals surface area contributed by atoms with Crippen LogP contribution in [0.25, 0.3) is 0 Å². The molecule has 1 saturated heterocycles. The molecule has 1 fully saturated rings. The second-order valence-corrected chi connectivity index (χ2v) is 5.94. The molecule has 0 radical (unpaired) electrons. The average Bonchev–Trinajstić information content (AvgIpc) is 2.39. The molecule has 1 unspecified atom stereocenters. The van der Waals surface area contributed by atoms with Crippen LogP contribution in [0.1, 0.15) is 31.7 Å². The standard InChI is InChI=1S/C14H22BrN3/c1-3-11-5-4-6-18(10-11)14-12(8-16-2)7-13(15)9-17-14/h7,9,11,16H,3-6,8,10H2,1-2H3. The fraction of sp³-hybridized carbons (Fsp3) is 0.643. The maximum Gasteiger partial charge on any atom is 0.133 e. The van der Waals surface area contributed by atoms with Crippen molar-refractivity contribution in [3.8, 4) is 0 Å². The Morgan fingerprint density at radius 1 is 1.56 bits per heavy atom. The van der Waals surface area contributed by atoms with Crippen molar-refractivity contribution >= 4 is 21.7 Å². The van der Waals surface area contributed by atoms with Gasteiger partial charge in [0, 0.05) is 35.9 Å². The van der Waals surface area contributed by atoms with Gasteiger partial charge in [-0.25, -0.2) is 4.98 Å². The Kier molecular flexibility index (Phi) is 5.01. The Hall–Kier alpha value is -0.610. The van der Waals surface area contributed by atoms with Gasteiger partial charge in [-0.3, -0.25) is 0 Å². The molecule has 1 aliphatic heterocycles. The van der Waals surface area contributed by atoms with Gasteiger partial charge < -0.3 is 10.2 Å².